The maximum atomic E-state index is 13.7. The van der Waals surface area contributed by atoms with E-state index in [0.717, 1.165) is 6.42 Å². The number of methoxy groups -OCH3 is 1. The van der Waals surface area contributed by atoms with Crippen molar-refractivity contribution in [1.82, 2.24) is 4.90 Å². The average molecular weight is 318 g/mol. The quantitative estimate of drug-likeness (QED) is 0.781. The van der Waals surface area contributed by atoms with Gasteiger partial charge in [0.2, 0.25) is 0 Å². The Morgan fingerprint density at radius 3 is 2.78 bits per heavy atom. The van der Waals surface area contributed by atoms with Crippen molar-refractivity contribution in [3.05, 3.63) is 29.6 Å². The van der Waals surface area contributed by atoms with E-state index in [9.17, 15) is 9.18 Å². The lowest BCUT2D eigenvalue weighted by Gasteiger charge is -2.19. The number of hydrogen-bond donors (Lipinski definition) is 0. The van der Waals surface area contributed by atoms with Gasteiger partial charge in [0.15, 0.2) is 0 Å². The van der Waals surface area contributed by atoms with Crippen LogP contribution < -0.4 is 4.74 Å². The molecule has 0 fully saturated rings. The standard InChI is InChI=1S/C13H17BrFNO2/c1-9(14)7-8-16(2)13(17)12-10(15)5-4-6-11(12)18-3/h4-6,9H,7-8H2,1-3H3. The molecule has 1 unspecified atom stereocenters. The highest BCUT2D eigenvalue weighted by molar-refractivity contribution is 9.09. The molecule has 0 aliphatic rings. The fourth-order valence-electron chi connectivity index (χ4n) is 1.55. The number of rotatable bonds is 5. The summed E-state index contributed by atoms with van der Waals surface area (Å²) in [6, 6.07) is 4.36. The van der Waals surface area contributed by atoms with Crippen molar-refractivity contribution in [2.45, 2.75) is 18.2 Å². The summed E-state index contributed by atoms with van der Waals surface area (Å²) < 4.78 is 18.7. The lowest BCUT2D eigenvalue weighted by molar-refractivity contribution is 0.0785. The molecule has 0 radical (unpaired) electrons. The first-order valence-corrected chi connectivity index (χ1v) is 6.61. The molecule has 1 rings (SSSR count). The van der Waals surface area contributed by atoms with E-state index < -0.39 is 5.82 Å². The molecule has 0 saturated carbocycles. The molecule has 1 amide bonds. The predicted octanol–water partition coefficient (Wildman–Crippen LogP) is 3.08. The molecule has 1 aromatic carbocycles. The predicted molar refractivity (Wildman–Crippen MR) is 72.9 cm³/mol. The summed E-state index contributed by atoms with van der Waals surface area (Å²) >= 11 is 3.41. The Morgan fingerprint density at radius 1 is 1.56 bits per heavy atom. The maximum Gasteiger partial charge on any atom is 0.260 e. The zero-order valence-corrected chi connectivity index (χ0v) is 12.3. The van der Waals surface area contributed by atoms with Crippen molar-refractivity contribution in [1.29, 1.82) is 0 Å². The summed E-state index contributed by atoms with van der Waals surface area (Å²) in [6.45, 7) is 2.56. The van der Waals surface area contributed by atoms with Crippen molar-refractivity contribution in [2.75, 3.05) is 20.7 Å². The number of carbonyl (C=O) groups is 1. The van der Waals surface area contributed by atoms with Gasteiger partial charge in [-0.1, -0.05) is 28.9 Å². The molecule has 1 atom stereocenters. The molecule has 0 aromatic heterocycles. The highest BCUT2D eigenvalue weighted by Gasteiger charge is 2.20. The molecule has 0 bridgehead atoms. The van der Waals surface area contributed by atoms with Gasteiger partial charge in [-0.05, 0) is 18.6 Å². The topological polar surface area (TPSA) is 29.5 Å². The van der Waals surface area contributed by atoms with Crippen LogP contribution in [0.5, 0.6) is 5.75 Å². The molecule has 0 N–H and O–H groups in total. The van der Waals surface area contributed by atoms with Crippen LogP contribution in [0.4, 0.5) is 4.39 Å². The van der Waals surface area contributed by atoms with E-state index in [1.807, 2.05) is 6.92 Å². The minimum atomic E-state index is -0.557. The van der Waals surface area contributed by atoms with Crippen molar-refractivity contribution in [3.8, 4) is 5.75 Å². The van der Waals surface area contributed by atoms with Crippen LogP contribution in [-0.2, 0) is 0 Å². The zero-order chi connectivity index (χ0) is 13.7. The summed E-state index contributed by atoms with van der Waals surface area (Å²) in [5.74, 6) is -0.657. The number of amides is 1. The molecule has 100 valence electrons. The van der Waals surface area contributed by atoms with Crippen LogP contribution >= 0.6 is 15.9 Å². The minimum Gasteiger partial charge on any atom is -0.496 e. The first-order chi connectivity index (χ1) is 8.47. The van der Waals surface area contributed by atoms with Gasteiger partial charge in [-0.3, -0.25) is 4.79 Å². The minimum absolute atomic E-state index is 0.00951. The molecule has 0 aliphatic heterocycles. The summed E-state index contributed by atoms with van der Waals surface area (Å²) in [7, 11) is 3.08. The van der Waals surface area contributed by atoms with Gasteiger partial charge in [0, 0.05) is 18.4 Å². The molecule has 5 heteroatoms. The number of nitrogens with zero attached hydrogens (tertiary/aromatic N) is 1. The third-order valence-electron chi connectivity index (χ3n) is 2.62. The van der Waals surface area contributed by atoms with Crippen molar-refractivity contribution < 1.29 is 13.9 Å². The number of halogens is 2. The van der Waals surface area contributed by atoms with Gasteiger partial charge in [-0.2, -0.15) is 0 Å². The van der Waals surface area contributed by atoms with Crippen LogP contribution in [0.3, 0.4) is 0 Å². The van der Waals surface area contributed by atoms with Crippen molar-refractivity contribution in [2.24, 2.45) is 0 Å². The number of benzene rings is 1. The first kappa shape index (κ1) is 15.0. The van der Waals surface area contributed by atoms with E-state index in [1.54, 1.807) is 13.1 Å². The Hall–Kier alpha value is -1.10. The average Bonchev–Trinajstić information content (AvgIpc) is 2.34. The Bertz CT molecular complexity index is 423. The Kier molecular flexibility index (Phi) is 5.59. The molecular weight excluding hydrogens is 301 g/mol. The van der Waals surface area contributed by atoms with Crippen LogP contribution in [0, 0.1) is 5.82 Å². The van der Waals surface area contributed by atoms with Crippen LogP contribution in [-0.4, -0.2) is 36.3 Å². The molecule has 0 aliphatic carbocycles. The second-order valence-corrected chi connectivity index (χ2v) is 5.68. The molecule has 0 saturated heterocycles. The van der Waals surface area contributed by atoms with E-state index >= 15 is 0 Å². The monoisotopic (exact) mass is 317 g/mol. The molecule has 3 nitrogen and oxygen atoms in total. The van der Waals surface area contributed by atoms with Crippen LogP contribution in [0.2, 0.25) is 0 Å². The van der Waals surface area contributed by atoms with Crippen LogP contribution in [0.15, 0.2) is 18.2 Å². The normalized spacial score (nSPS) is 12.1. The second kappa shape index (κ2) is 6.73. The van der Waals surface area contributed by atoms with E-state index in [-0.39, 0.29) is 17.2 Å². The van der Waals surface area contributed by atoms with Gasteiger partial charge in [0.1, 0.15) is 17.1 Å². The number of ether oxygens (including phenoxy) is 1. The van der Waals surface area contributed by atoms with Crippen molar-refractivity contribution in [3.63, 3.8) is 0 Å². The number of alkyl halides is 1. The SMILES string of the molecule is COc1cccc(F)c1C(=O)N(C)CCC(C)Br. The Balaban J connectivity index is 2.89. The van der Waals surface area contributed by atoms with E-state index in [4.69, 9.17) is 4.74 Å². The second-order valence-electron chi connectivity index (χ2n) is 4.11. The molecule has 18 heavy (non-hydrogen) atoms. The van der Waals surface area contributed by atoms with E-state index in [0.29, 0.717) is 11.4 Å². The Morgan fingerprint density at radius 2 is 2.22 bits per heavy atom. The maximum absolute atomic E-state index is 13.7. The van der Waals surface area contributed by atoms with Gasteiger partial charge < -0.3 is 9.64 Å². The lowest BCUT2D eigenvalue weighted by atomic mass is 10.1. The van der Waals surface area contributed by atoms with Gasteiger partial charge in [-0.25, -0.2) is 4.39 Å². The smallest absolute Gasteiger partial charge is 0.260 e. The van der Waals surface area contributed by atoms with Gasteiger partial charge in [0.25, 0.3) is 5.91 Å². The highest BCUT2D eigenvalue weighted by atomic mass is 79.9. The number of hydrogen-bond acceptors (Lipinski definition) is 2. The summed E-state index contributed by atoms with van der Waals surface area (Å²) in [4.78, 5) is 14.0. The fourth-order valence-corrected chi connectivity index (χ4v) is 1.75. The zero-order valence-electron chi connectivity index (χ0n) is 10.7. The van der Waals surface area contributed by atoms with Crippen molar-refractivity contribution >= 4 is 21.8 Å². The first-order valence-electron chi connectivity index (χ1n) is 5.69. The molecule has 0 heterocycles. The third-order valence-corrected chi connectivity index (χ3v) is 3.08. The molecular formula is C13H17BrFNO2. The summed E-state index contributed by atoms with van der Waals surface area (Å²) in [5, 5.41) is 0. The molecule has 0 spiro atoms. The van der Waals surface area contributed by atoms with Gasteiger partial charge >= 0.3 is 0 Å². The number of carbonyl (C=O) groups excluding carboxylic acids is 1. The lowest BCUT2D eigenvalue weighted by Crippen LogP contribution is -2.29. The highest BCUT2D eigenvalue weighted by Crippen LogP contribution is 2.22. The van der Waals surface area contributed by atoms with Gasteiger partial charge in [-0.15, -0.1) is 0 Å². The largest absolute Gasteiger partial charge is 0.496 e. The van der Waals surface area contributed by atoms with E-state index in [1.165, 1.54) is 24.1 Å². The Labute approximate surface area is 115 Å². The van der Waals surface area contributed by atoms with Crippen LogP contribution in [0.1, 0.15) is 23.7 Å². The molecule has 1 aromatic rings. The van der Waals surface area contributed by atoms with E-state index in [2.05, 4.69) is 15.9 Å². The fraction of sp³-hybridized carbons (Fsp3) is 0.462. The van der Waals surface area contributed by atoms with Gasteiger partial charge in [0.05, 0.1) is 7.11 Å². The summed E-state index contributed by atoms with van der Waals surface area (Å²) in [5.41, 5.74) is -0.00951. The third kappa shape index (κ3) is 3.70. The van der Waals surface area contributed by atoms with Crippen LogP contribution in [0.25, 0.3) is 0 Å². The summed E-state index contributed by atoms with van der Waals surface area (Å²) in [6.07, 6.45) is 0.805.